The average molecular weight is 400 g/mol. The third-order valence-corrected chi connectivity index (χ3v) is 5.18. The highest BCUT2D eigenvalue weighted by Gasteiger charge is 2.16. The summed E-state index contributed by atoms with van der Waals surface area (Å²) in [4.78, 5) is 21.4. The summed E-state index contributed by atoms with van der Waals surface area (Å²) in [6.45, 7) is 2.49. The number of hydrogen-bond donors (Lipinski definition) is 1. The number of nitrogens with zero attached hydrogens (tertiary/aromatic N) is 3. The number of fused-ring (bicyclic) bond motifs is 1. The van der Waals surface area contributed by atoms with Crippen LogP contribution in [0.3, 0.4) is 0 Å². The fourth-order valence-electron chi connectivity index (χ4n) is 3.70. The van der Waals surface area contributed by atoms with E-state index in [1.54, 1.807) is 25.7 Å². The summed E-state index contributed by atoms with van der Waals surface area (Å²) in [5.41, 5.74) is 3.90. The molecule has 1 unspecified atom stereocenters. The molecule has 0 saturated carbocycles. The van der Waals surface area contributed by atoms with Gasteiger partial charge in [-0.1, -0.05) is 18.2 Å². The second-order valence-electron chi connectivity index (χ2n) is 7.11. The molecule has 30 heavy (non-hydrogen) atoms. The van der Waals surface area contributed by atoms with Crippen LogP contribution in [0.1, 0.15) is 24.9 Å². The van der Waals surface area contributed by atoms with E-state index in [4.69, 9.17) is 4.74 Å². The maximum atomic E-state index is 12.7. The minimum absolute atomic E-state index is 0.0214. The lowest BCUT2D eigenvalue weighted by Crippen LogP contribution is -2.27. The maximum Gasteiger partial charge on any atom is 0.222 e. The Morgan fingerprint density at radius 2 is 1.90 bits per heavy atom. The number of carbonyl (C=O) groups excluding carboxylic acids is 1. The molecule has 6 nitrogen and oxygen atoms in total. The van der Waals surface area contributed by atoms with Crippen LogP contribution in [-0.2, 0) is 11.3 Å². The first-order valence-electron chi connectivity index (χ1n) is 9.94. The lowest BCUT2D eigenvalue weighted by Gasteiger charge is -2.17. The SMILES string of the molecule is COc1ccccc1C(C)NC(=O)CCn1c(-c2ccncc2)cc2cccnc21. The van der Waals surface area contributed by atoms with Gasteiger partial charge in [-0.05, 0) is 43.3 Å². The van der Waals surface area contributed by atoms with Gasteiger partial charge in [-0.3, -0.25) is 9.78 Å². The molecule has 0 aliphatic heterocycles. The van der Waals surface area contributed by atoms with Crippen molar-refractivity contribution in [1.82, 2.24) is 19.9 Å². The standard InChI is InChI=1S/C24H24N4O2/c1-17(20-7-3-4-8-22(20)30-2)27-23(29)11-15-28-21(18-9-13-25-14-10-18)16-19-6-5-12-26-24(19)28/h3-10,12-14,16-17H,11,15H2,1-2H3,(H,27,29). The van der Waals surface area contributed by atoms with Crippen molar-refractivity contribution in [3.8, 4) is 17.0 Å². The van der Waals surface area contributed by atoms with Gasteiger partial charge in [0.15, 0.2) is 0 Å². The number of aryl methyl sites for hydroxylation is 1. The quantitative estimate of drug-likeness (QED) is 0.500. The molecule has 4 rings (SSSR count). The van der Waals surface area contributed by atoms with Crippen LogP contribution >= 0.6 is 0 Å². The number of para-hydroxylation sites is 1. The third-order valence-electron chi connectivity index (χ3n) is 5.18. The minimum atomic E-state index is -0.146. The van der Waals surface area contributed by atoms with E-state index >= 15 is 0 Å². The Bertz CT molecular complexity index is 1150. The first-order chi connectivity index (χ1) is 14.7. The molecular formula is C24H24N4O2. The highest BCUT2D eigenvalue weighted by molar-refractivity contribution is 5.84. The number of hydrogen-bond acceptors (Lipinski definition) is 4. The molecule has 0 bridgehead atoms. The van der Waals surface area contributed by atoms with E-state index in [2.05, 4.69) is 25.9 Å². The van der Waals surface area contributed by atoms with Crippen molar-refractivity contribution >= 4 is 16.9 Å². The Morgan fingerprint density at radius 3 is 2.70 bits per heavy atom. The second-order valence-corrected chi connectivity index (χ2v) is 7.11. The van der Waals surface area contributed by atoms with Crippen molar-refractivity contribution in [2.45, 2.75) is 25.9 Å². The summed E-state index contributed by atoms with van der Waals surface area (Å²) in [7, 11) is 1.64. The number of benzene rings is 1. The van der Waals surface area contributed by atoms with E-state index in [0.717, 1.165) is 33.6 Å². The number of amides is 1. The number of ether oxygens (including phenoxy) is 1. The van der Waals surface area contributed by atoms with E-state index in [9.17, 15) is 4.79 Å². The highest BCUT2D eigenvalue weighted by atomic mass is 16.5. The molecule has 4 aromatic rings. The molecule has 152 valence electrons. The molecular weight excluding hydrogens is 376 g/mol. The van der Waals surface area contributed by atoms with Gasteiger partial charge in [-0.25, -0.2) is 4.98 Å². The van der Waals surface area contributed by atoms with Crippen molar-refractivity contribution in [1.29, 1.82) is 0 Å². The summed E-state index contributed by atoms with van der Waals surface area (Å²) in [6.07, 6.45) is 5.66. The number of carbonyl (C=O) groups is 1. The van der Waals surface area contributed by atoms with Crippen LogP contribution in [0, 0.1) is 0 Å². The van der Waals surface area contributed by atoms with Crippen LogP contribution in [0.15, 0.2) is 73.2 Å². The van der Waals surface area contributed by atoms with Crippen molar-refractivity contribution in [3.05, 3.63) is 78.8 Å². The van der Waals surface area contributed by atoms with E-state index in [0.29, 0.717) is 13.0 Å². The molecule has 3 heterocycles. The van der Waals surface area contributed by atoms with Crippen molar-refractivity contribution in [3.63, 3.8) is 0 Å². The van der Waals surface area contributed by atoms with Crippen LogP contribution in [0.25, 0.3) is 22.3 Å². The summed E-state index contributed by atoms with van der Waals surface area (Å²) in [5, 5.41) is 4.13. The van der Waals surface area contributed by atoms with E-state index in [1.165, 1.54) is 0 Å². The smallest absolute Gasteiger partial charge is 0.222 e. The Kier molecular flexibility index (Phi) is 5.75. The minimum Gasteiger partial charge on any atom is -0.496 e. The first-order valence-corrected chi connectivity index (χ1v) is 9.94. The third kappa shape index (κ3) is 4.03. The molecule has 0 aliphatic rings. The molecule has 0 fully saturated rings. The molecule has 6 heteroatoms. The lowest BCUT2D eigenvalue weighted by molar-refractivity contribution is -0.121. The van der Waals surface area contributed by atoms with Gasteiger partial charge < -0.3 is 14.6 Å². The number of nitrogens with one attached hydrogen (secondary N) is 1. The van der Waals surface area contributed by atoms with Crippen molar-refractivity contribution in [2.24, 2.45) is 0 Å². The molecule has 0 spiro atoms. The normalized spacial score (nSPS) is 11.9. The second kappa shape index (κ2) is 8.78. The summed E-state index contributed by atoms with van der Waals surface area (Å²) >= 11 is 0. The number of pyridine rings is 2. The number of aromatic nitrogens is 3. The summed E-state index contributed by atoms with van der Waals surface area (Å²) in [5.74, 6) is 0.748. The van der Waals surface area contributed by atoms with Gasteiger partial charge in [-0.15, -0.1) is 0 Å². The van der Waals surface area contributed by atoms with Gasteiger partial charge in [-0.2, -0.15) is 0 Å². The van der Waals surface area contributed by atoms with Gasteiger partial charge >= 0.3 is 0 Å². The topological polar surface area (TPSA) is 69.0 Å². The molecule has 3 aromatic heterocycles. The Labute approximate surface area is 175 Å². The molecule has 1 amide bonds. The van der Waals surface area contributed by atoms with Crippen LogP contribution in [0.4, 0.5) is 0 Å². The summed E-state index contributed by atoms with van der Waals surface area (Å²) < 4.78 is 7.51. The Balaban J connectivity index is 1.53. The van der Waals surface area contributed by atoms with Gasteiger partial charge in [0.2, 0.25) is 5.91 Å². The van der Waals surface area contributed by atoms with E-state index in [-0.39, 0.29) is 11.9 Å². The zero-order chi connectivity index (χ0) is 20.9. The van der Waals surface area contributed by atoms with Crippen molar-refractivity contribution < 1.29 is 9.53 Å². The van der Waals surface area contributed by atoms with E-state index in [1.807, 2.05) is 55.5 Å². The predicted molar refractivity (Wildman–Crippen MR) is 117 cm³/mol. The van der Waals surface area contributed by atoms with Crippen LogP contribution in [-0.4, -0.2) is 27.6 Å². The van der Waals surface area contributed by atoms with Crippen LogP contribution in [0.5, 0.6) is 5.75 Å². The average Bonchev–Trinajstić information content (AvgIpc) is 3.17. The maximum absolute atomic E-state index is 12.7. The van der Waals surface area contributed by atoms with Gasteiger partial charge in [0.05, 0.1) is 18.8 Å². The zero-order valence-electron chi connectivity index (χ0n) is 17.1. The van der Waals surface area contributed by atoms with E-state index < -0.39 is 0 Å². The van der Waals surface area contributed by atoms with Crippen molar-refractivity contribution in [2.75, 3.05) is 7.11 Å². The molecule has 0 radical (unpaired) electrons. The molecule has 1 aromatic carbocycles. The monoisotopic (exact) mass is 400 g/mol. The Morgan fingerprint density at radius 1 is 1.10 bits per heavy atom. The van der Waals surface area contributed by atoms with Crippen LogP contribution < -0.4 is 10.1 Å². The Hall–Kier alpha value is -3.67. The summed E-state index contributed by atoms with van der Waals surface area (Å²) in [6, 6.07) is 17.6. The largest absolute Gasteiger partial charge is 0.496 e. The fraction of sp³-hybridized carbons (Fsp3) is 0.208. The van der Waals surface area contributed by atoms with Gasteiger partial charge in [0.1, 0.15) is 11.4 Å². The van der Waals surface area contributed by atoms with Gasteiger partial charge in [0, 0.05) is 48.1 Å². The van der Waals surface area contributed by atoms with Crippen LogP contribution in [0.2, 0.25) is 0 Å². The zero-order valence-corrected chi connectivity index (χ0v) is 17.1. The highest BCUT2D eigenvalue weighted by Crippen LogP contribution is 2.27. The molecule has 1 N–H and O–H groups in total. The first kappa shape index (κ1) is 19.6. The molecule has 1 atom stereocenters. The lowest BCUT2D eigenvalue weighted by atomic mass is 10.1. The fourth-order valence-corrected chi connectivity index (χ4v) is 3.70. The molecule has 0 aliphatic carbocycles. The predicted octanol–water partition coefficient (Wildman–Crippen LogP) is 4.37. The number of rotatable bonds is 7. The number of methoxy groups -OCH3 is 1. The van der Waals surface area contributed by atoms with Gasteiger partial charge in [0.25, 0.3) is 0 Å². The molecule has 0 saturated heterocycles.